The van der Waals surface area contributed by atoms with Crippen molar-refractivity contribution in [3.8, 4) is 0 Å². The summed E-state index contributed by atoms with van der Waals surface area (Å²) in [5.41, 5.74) is 6.21. The number of rotatable bonds is 4. The number of hydrogen-bond donors (Lipinski definition) is 4. The van der Waals surface area contributed by atoms with E-state index < -0.39 is 23.4 Å². The number of nitrogens with zero attached hydrogens (tertiary/aromatic N) is 2. The summed E-state index contributed by atoms with van der Waals surface area (Å²) in [6.45, 7) is 7.90. The van der Waals surface area contributed by atoms with E-state index in [4.69, 9.17) is 5.73 Å². The predicted molar refractivity (Wildman–Crippen MR) is 98.4 cm³/mol. The number of hydrogen-bond acceptors (Lipinski definition) is 5. The second kappa shape index (κ2) is 7.33. The lowest BCUT2D eigenvalue weighted by molar-refractivity contribution is 0.0696. The molecule has 2 atom stereocenters. The standard InChI is InChI=1S/C16H20N4O4.C2H6/c1-16(2)11(3-4-12(16)21)19-13-9(14(17)22)6-18-20-7-8(15(23)24)5-10(13)20;1-2/h5-7,11-12,19,21H,3-4H2,1-2H3,(H2,17,22)(H,23,24);1-2H3/t11-,12+;/m1./s1. The van der Waals surface area contributed by atoms with E-state index in [-0.39, 0.29) is 17.2 Å². The Balaban J connectivity index is 0.00000117. The van der Waals surface area contributed by atoms with Crippen molar-refractivity contribution >= 4 is 23.1 Å². The highest BCUT2D eigenvalue weighted by Gasteiger charge is 2.42. The zero-order valence-electron chi connectivity index (χ0n) is 15.5. The zero-order valence-corrected chi connectivity index (χ0v) is 15.5. The van der Waals surface area contributed by atoms with Gasteiger partial charge in [-0.25, -0.2) is 9.31 Å². The molecule has 26 heavy (non-hydrogen) atoms. The van der Waals surface area contributed by atoms with Gasteiger partial charge in [0, 0.05) is 17.7 Å². The number of aromatic nitrogens is 2. The van der Waals surface area contributed by atoms with Crippen molar-refractivity contribution in [1.29, 1.82) is 0 Å². The van der Waals surface area contributed by atoms with E-state index in [1.54, 1.807) is 0 Å². The number of carbonyl (C=O) groups is 2. The fourth-order valence-electron chi connectivity index (χ4n) is 3.25. The van der Waals surface area contributed by atoms with Crippen molar-refractivity contribution in [3.05, 3.63) is 29.6 Å². The molecule has 1 saturated carbocycles. The summed E-state index contributed by atoms with van der Waals surface area (Å²) in [5.74, 6) is -1.73. The van der Waals surface area contributed by atoms with Gasteiger partial charge >= 0.3 is 5.97 Å². The summed E-state index contributed by atoms with van der Waals surface area (Å²) >= 11 is 0. The molecule has 0 radical (unpaired) electrons. The van der Waals surface area contributed by atoms with Crippen LogP contribution in [0, 0.1) is 5.41 Å². The minimum atomic E-state index is -1.08. The number of nitrogens with one attached hydrogen (secondary N) is 1. The maximum absolute atomic E-state index is 11.8. The van der Waals surface area contributed by atoms with E-state index in [0.29, 0.717) is 17.6 Å². The van der Waals surface area contributed by atoms with E-state index in [9.17, 15) is 19.8 Å². The second-order valence-corrected chi connectivity index (χ2v) is 6.77. The van der Waals surface area contributed by atoms with Gasteiger partial charge in [0.2, 0.25) is 0 Å². The third-order valence-electron chi connectivity index (χ3n) is 4.95. The van der Waals surface area contributed by atoms with Gasteiger partial charge in [-0.3, -0.25) is 4.79 Å². The number of amides is 1. The van der Waals surface area contributed by atoms with Crippen LogP contribution in [-0.4, -0.2) is 43.8 Å². The molecule has 8 heteroatoms. The summed E-state index contributed by atoms with van der Waals surface area (Å²) in [6.07, 6.45) is 3.63. The Morgan fingerprint density at radius 1 is 1.35 bits per heavy atom. The minimum Gasteiger partial charge on any atom is -0.478 e. The molecule has 1 amide bonds. The number of carbonyl (C=O) groups excluding carboxylic acids is 1. The quantitative estimate of drug-likeness (QED) is 0.659. The molecule has 0 spiro atoms. The molecule has 2 aromatic heterocycles. The fourth-order valence-corrected chi connectivity index (χ4v) is 3.25. The SMILES string of the molecule is CC.CC1(C)[C@@H](O)CC[C@H]1Nc1c(C(N)=O)cnn2cc(C(=O)O)cc12. The predicted octanol–water partition coefficient (Wildman–Crippen LogP) is 2.12. The number of aliphatic hydroxyl groups is 1. The van der Waals surface area contributed by atoms with Crippen LogP contribution < -0.4 is 11.1 Å². The summed E-state index contributed by atoms with van der Waals surface area (Å²) in [7, 11) is 0. The molecular formula is C18H26N4O4. The highest BCUT2D eigenvalue weighted by molar-refractivity contribution is 6.03. The minimum absolute atomic E-state index is 0.0675. The molecule has 1 aliphatic carbocycles. The van der Waals surface area contributed by atoms with Crippen molar-refractivity contribution in [2.45, 2.75) is 52.7 Å². The van der Waals surface area contributed by atoms with Gasteiger partial charge in [0.05, 0.1) is 34.6 Å². The van der Waals surface area contributed by atoms with E-state index >= 15 is 0 Å². The Morgan fingerprint density at radius 2 is 2.00 bits per heavy atom. The van der Waals surface area contributed by atoms with E-state index in [0.717, 1.165) is 6.42 Å². The van der Waals surface area contributed by atoms with Gasteiger partial charge in [-0.2, -0.15) is 5.10 Å². The average Bonchev–Trinajstić information content (AvgIpc) is 3.13. The molecule has 2 heterocycles. The first-order valence-electron chi connectivity index (χ1n) is 8.71. The van der Waals surface area contributed by atoms with Gasteiger partial charge < -0.3 is 21.3 Å². The Bertz CT molecular complexity index is 828. The maximum atomic E-state index is 11.8. The lowest BCUT2D eigenvalue weighted by Crippen LogP contribution is -2.38. The van der Waals surface area contributed by atoms with E-state index in [1.165, 1.54) is 23.0 Å². The third kappa shape index (κ3) is 3.37. The number of carboxylic acid groups (broad SMARTS) is 1. The molecule has 0 bridgehead atoms. The molecule has 2 aromatic rings. The number of aromatic carboxylic acids is 1. The van der Waals surface area contributed by atoms with Crippen LogP contribution in [0.4, 0.5) is 5.69 Å². The molecule has 0 aromatic carbocycles. The van der Waals surface area contributed by atoms with Crippen molar-refractivity contribution in [1.82, 2.24) is 9.61 Å². The van der Waals surface area contributed by atoms with Crippen LogP contribution in [0.5, 0.6) is 0 Å². The first kappa shape index (κ1) is 19.7. The van der Waals surface area contributed by atoms with Gasteiger partial charge in [-0.15, -0.1) is 0 Å². The van der Waals surface area contributed by atoms with Crippen LogP contribution >= 0.6 is 0 Å². The summed E-state index contributed by atoms with van der Waals surface area (Å²) in [5, 5.41) is 26.7. The number of aliphatic hydroxyl groups excluding tert-OH is 1. The van der Waals surface area contributed by atoms with E-state index in [2.05, 4.69) is 10.4 Å². The molecule has 5 N–H and O–H groups in total. The molecule has 142 valence electrons. The topological polar surface area (TPSA) is 130 Å². The summed E-state index contributed by atoms with van der Waals surface area (Å²) in [6, 6.07) is 1.36. The van der Waals surface area contributed by atoms with Gasteiger partial charge in [0.15, 0.2) is 0 Å². The zero-order chi connectivity index (χ0) is 19.6. The number of primary amides is 1. The van der Waals surface area contributed by atoms with Crippen LogP contribution in [0.25, 0.3) is 5.52 Å². The maximum Gasteiger partial charge on any atom is 0.337 e. The van der Waals surface area contributed by atoms with Crippen LogP contribution in [0.1, 0.15) is 61.3 Å². The Kier molecular flexibility index (Phi) is 5.56. The number of anilines is 1. The Hall–Kier alpha value is -2.61. The van der Waals surface area contributed by atoms with Crippen molar-refractivity contribution in [2.75, 3.05) is 5.32 Å². The first-order chi connectivity index (χ1) is 12.2. The van der Waals surface area contributed by atoms with Gasteiger partial charge in [-0.1, -0.05) is 27.7 Å². The van der Waals surface area contributed by atoms with Gasteiger partial charge in [0.1, 0.15) is 0 Å². The molecule has 0 unspecified atom stereocenters. The summed E-state index contributed by atoms with van der Waals surface area (Å²) < 4.78 is 1.40. The molecular weight excluding hydrogens is 336 g/mol. The highest BCUT2D eigenvalue weighted by atomic mass is 16.4. The molecule has 8 nitrogen and oxygen atoms in total. The average molecular weight is 362 g/mol. The highest BCUT2D eigenvalue weighted by Crippen LogP contribution is 2.40. The Labute approximate surface area is 152 Å². The summed E-state index contributed by atoms with van der Waals surface area (Å²) in [4.78, 5) is 23.0. The lowest BCUT2D eigenvalue weighted by Gasteiger charge is -2.32. The van der Waals surface area contributed by atoms with E-state index in [1.807, 2.05) is 27.7 Å². The Morgan fingerprint density at radius 3 is 2.50 bits per heavy atom. The van der Waals surface area contributed by atoms with Gasteiger partial charge in [0.25, 0.3) is 5.91 Å². The number of fused-ring (bicyclic) bond motifs is 1. The van der Waals surface area contributed by atoms with Crippen molar-refractivity contribution < 1.29 is 19.8 Å². The fraction of sp³-hybridized carbons (Fsp3) is 0.500. The lowest BCUT2D eigenvalue weighted by atomic mass is 9.85. The van der Waals surface area contributed by atoms with Crippen molar-refractivity contribution in [3.63, 3.8) is 0 Å². The molecule has 3 rings (SSSR count). The number of nitrogens with two attached hydrogens (primary N) is 1. The van der Waals surface area contributed by atoms with Crippen molar-refractivity contribution in [2.24, 2.45) is 11.1 Å². The second-order valence-electron chi connectivity index (χ2n) is 6.77. The normalized spacial score (nSPS) is 21.1. The molecule has 0 saturated heterocycles. The number of carboxylic acids is 1. The van der Waals surface area contributed by atoms with Gasteiger partial charge in [-0.05, 0) is 18.9 Å². The first-order valence-corrected chi connectivity index (χ1v) is 8.71. The van der Waals surface area contributed by atoms with Crippen LogP contribution in [-0.2, 0) is 0 Å². The van der Waals surface area contributed by atoms with Crippen LogP contribution in [0.15, 0.2) is 18.5 Å². The van der Waals surface area contributed by atoms with Crippen LogP contribution in [0.2, 0.25) is 0 Å². The monoisotopic (exact) mass is 362 g/mol. The molecule has 1 fully saturated rings. The third-order valence-corrected chi connectivity index (χ3v) is 4.95. The largest absolute Gasteiger partial charge is 0.478 e. The molecule has 0 aliphatic heterocycles. The van der Waals surface area contributed by atoms with Crippen LogP contribution in [0.3, 0.4) is 0 Å². The smallest absolute Gasteiger partial charge is 0.337 e. The molecule has 1 aliphatic rings.